The second-order valence-electron chi connectivity index (χ2n) is 5.10. The molecule has 0 amide bonds. The second-order valence-corrected chi connectivity index (χ2v) is 7.12. The maximum atomic E-state index is 13.1. The maximum Gasteiger partial charge on any atom is 0.417 e. The Labute approximate surface area is 138 Å². The minimum Gasteiger partial charge on any atom is -0.497 e. The molecule has 0 fully saturated rings. The van der Waals surface area contributed by atoms with E-state index in [2.05, 4.69) is 0 Å². The fourth-order valence-corrected chi connectivity index (χ4v) is 3.53. The van der Waals surface area contributed by atoms with E-state index in [0.717, 1.165) is 22.5 Å². The Morgan fingerprint density at radius 3 is 2.17 bits per heavy atom. The zero-order valence-electron chi connectivity index (χ0n) is 13.0. The van der Waals surface area contributed by atoms with E-state index in [4.69, 9.17) is 4.74 Å². The normalized spacial score (nSPS) is 12.4. The summed E-state index contributed by atoms with van der Waals surface area (Å²) >= 11 is 0. The predicted octanol–water partition coefficient (Wildman–Crippen LogP) is 3.53. The van der Waals surface area contributed by atoms with Crippen molar-refractivity contribution in [3.63, 3.8) is 0 Å². The van der Waals surface area contributed by atoms with Gasteiger partial charge in [0, 0.05) is 13.6 Å². The van der Waals surface area contributed by atoms with Crippen LogP contribution < -0.4 is 4.74 Å². The van der Waals surface area contributed by atoms with Gasteiger partial charge in [-0.15, -0.1) is 0 Å². The lowest BCUT2D eigenvalue weighted by Crippen LogP contribution is -2.28. The van der Waals surface area contributed by atoms with Gasteiger partial charge in [-0.1, -0.05) is 24.3 Å². The van der Waals surface area contributed by atoms with E-state index in [-0.39, 0.29) is 6.54 Å². The van der Waals surface area contributed by atoms with Crippen molar-refractivity contribution < 1.29 is 26.3 Å². The number of methoxy groups -OCH3 is 1. The average molecular weight is 359 g/mol. The lowest BCUT2D eigenvalue weighted by molar-refractivity contribution is -0.139. The molecule has 0 atom stereocenters. The van der Waals surface area contributed by atoms with Crippen molar-refractivity contribution >= 4 is 10.0 Å². The molecule has 0 saturated carbocycles. The Balaban J connectivity index is 2.33. The first-order valence-corrected chi connectivity index (χ1v) is 8.36. The van der Waals surface area contributed by atoms with Crippen LogP contribution in [0.5, 0.6) is 5.75 Å². The first-order chi connectivity index (χ1) is 11.2. The lowest BCUT2D eigenvalue weighted by atomic mass is 10.2. The molecule has 4 nitrogen and oxygen atoms in total. The molecule has 0 aliphatic carbocycles. The van der Waals surface area contributed by atoms with Gasteiger partial charge in [0.1, 0.15) is 5.75 Å². The van der Waals surface area contributed by atoms with Gasteiger partial charge in [-0.2, -0.15) is 17.5 Å². The molecule has 0 bridgehead atoms. The molecule has 0 radical (unpaired) electrons. The van der Waals surface area contributed by atoms with E-state index in [1.54, 1.807) is 24.3 Å². The first-order valence-electron chi connectivity index (χ1n) is 6.92. The summed E-state index contributed by atoms with van der Waals surface area (Å²) in [6, 6.07) is 10.8. The van der Waals surface area contributed by atoms with Crippen molar-refractivity contribution in [2.24, 2.45) is 0 Å². The van der Waals surface area contributed by atoms with E-state index in [1.165, 1.54) is 20.2 Å². The summed E-state index contributed by atoms with van der Waals surface area (Å²) in [5.74, 6) is 0.603. The van der Waals surface area contributed by atoms with Crippen molar-refractivity contribution in [1.29, 1.82) is 0 Å². The van der Waals surface area contributed by atoms with Gasteiger partial charge in [-0.25, -0.2) is 8.42 Å². The number of hydrogen-bond acceptors (Lipinski definition) is 3. The predicted molar refractivity (Wildman–Crippen MR) is 83.1 cm³/mol. The number of rotatable bonds is 5. The Hall–Kier alpha value is -2.06. The molecule has 2 aromatic rings. The van der Waals surface area contributed by atoms with Crippen LogP contribution in [0.1, 0.15) is 11.1 Å². The third-order valence-corrected chi connectivity index (χ3v) is 5.31. The minimum atomic E-state index is -4.75. The van der Waals surface area contributed by atoms with E-state index >= 15 is 0 Å². The molecular formula is C16H16F3NO3S. The quantitative estimate of drug-likeness (QED) is 0.820. The molecular weight excluding hydrogens is 343 g/mol. The van der Waals surface area contributed by atoms with Crippen molar-refractivity contribution in [2.45, 2.75) is 17.6 Å². The molecule has 0 spiro atoms. The third kappa shape index (κ3) is 3.88. The van der Waals surface area contributed by atoms with Crippen molar-refractivity contribution in [1.82, 2.24) is 4.31 Å². The highest BCUT2D eigenvalue weighted by atomic mass is 32.2. The highest BCUT2D eigenvalue weighted by Gasteiger charge is 2.38. The van der Waals surface area contributed by atoms with Gasteiger partial charge in [0.05, 0.1) is 17.6 Å². The summed E-state index contributed by atoms with van der Waals surface area (Å²) in [6.07, 6.45) is -4.75. The van der Waals surface area contributed by atoms with Gasteiger partial charge < -0.3 is 4.74 Å². The number of benzene rings is 2. The minimum absolute atomic E-state index is 0.0570. The molecule has 0 aliphatic rings. The smallest absolute Gasteiger partial charge is 0.417 e. The van der Waals surface area contributed by atoms with Crippen molar-refractivity contribution in [3.05, 3.63) is 59.7 Å². The summed E-state index contributed by atoms with van der Waals surface area (Å²) < 4.78 is 70.1. The highest BCUT2D eigenvalue weighted by Crippen LogP contribution is 2.35. The van der Waals surface area contributed by atoms with Crippen LogP contribution in [0.2, 0.25) is 0 Å². The fourth-order valence-electron chi connectivity index (χ4n) is 2.17. The number of sulfonamides is 1. The molecule has 0 heterocycles. The fraction of sp³-hybridized carbons (Fsp3) is 0.250. The van der Waals surface area contributed by atoms with Crippen molar-refractivity contribution in [3.8, 4) is 5.75 Å². The molecule has 2 rings (SSSR count). The van der Waals surface area contributed by atoms with Gasteiger partial charge in [0.2, 0.25) is 10.0 Å². The van der Waals surface area contributed by atoms with Gasteiger partial charge in [-0.3, -0.25) is 0 Å². The SMILES string of the molecule is COc1ccc(CN(C)S(=O)(=O)c2ccccc2C(F)(F)F)cc1. The molecule has 0 aliphatic heterocycles. The Kier molecular flexibility index (Phi) is 5.19. The van der Waals surface area contributed by atoms with Crippen molar-refractivity contribution in [2.75, 3.05) is 14.2 Å². The number of hydrogen-bond donors (Lipinski definition) is 0. The highest BCUT2D eigenvalue weighted by molar-refractivity contribution is 7.89. The van der Waals surface area contributed by atoms with E-state index in [1.807, 2.05) is 0 Å². The molecule has 0 saturated heterocycles. The number of nitrogens with zero attached hydrogens (tertiary/aromatic N) is 1. The van der Waals surface area contributed by atoms with Crippen LogP contribution in [0.4, 0.5) is 13.2 Å². The third-order valence-electron chi connectivity index (χ3n) is 3.44. The van der Waals surface area contributed by atoms with E-state index in [0.29, 0.717) is 11.3 Å². The van der Waals surface area contributed by atoms with E-state index < -0.39 is 26.7 Å². The summed E-state index contributed by atoms with van der Waals surface area (Å²) in [6.45, 7) is -0.0570. The lowest BCUT2D eigenvalue weighted by Gasteiger charge is -2.20. The van der Waals surface area contributed by atoms with Crippen LogP contribution in [0.3, 0.4) is 0 Å². The average Bonchev–Trinajstić information content (AvgIpc) is 2.54. The molecule has 0 aromatic heterocycles. The Bertz CT molecular complexity index is 802. The van der Waals surface area contributed by atoms with Crippen LogP contribution in [0.15, 0.2) is 53.4 Å². The van der Waals surface area contributed by atoms with E-state index in [9.17, 15) is 21.6 Å². The summed E-state index contributed by atoms with van der Waals surface area (Å²) in [5, 5.41) is 0. The van der Waals surface area contributed by atoms with Crippen LogP contribution in [-0.2, 0) is 22.7 Å². The van der Waals surface area contributed by atoms with Gasteiger partial charge >= 0.3 is 6.18 Å². The second kappa shape index (κ2) is 6.82. The molecule has 130 valence electrons. The standard InChI is InChI=1S/C16H16F3NO3S/c1-20(11-12-7-9-13(23-2)10-8-12)24(21,22)15-6-4-3-5-14(15)16(17,18)19/h3-10H,11H2,1-2H3. The Morgan fingerprint density at radius 2 is 1.62 bits per heavy atom. The molecule has 24 heavy (non-hydrogen) atoms. The Morgan fingerprint density at radius 1 is 1.04 bits per heavy atom. The van der Waals surface area contributed by atoms with Gasteiger partial charge in [0.25, 0.3) is 0 Å². The zero-order valence-corrected chi connectivity index (χ0v) is 13.9. The first kappa shape index (κ1) is 18.3. The largest absolute Gasteiger partial charge is 0.497 e. The summed E-state index contributed by atoms with van der Waals surface area (Å²) in [5.41, 5.74) is -0.544. The summed E-state index contributed by atoms with van der Waals surface area (Å²) in [4.78, 5) is -0.756. The van der Waals surface area contributed by atoms with Gasteiger partial charge in [-0.05, 0) is 29.8 Å². The molecule has 0 N–H and O–H groups in total. The number of ether oxygens (including phenoxy) is 1. The van der Waals surface area contributed by atoms with Crippen LogP contribution in [0, 0.1) is 0 Å². The molecule has 0 unspecified atom stereocenters. The monoisotopic (exact) mass is 359 g/mol. The van der Waals surface area contributed by atoms with Crippen LogP contribution in [-0.4, -0.2) is 26.9 Å². The van der Waals surface area contributed by atoms with Crippen LogP contribution in [0.25, 0.3) is 0 Å². The van der Waals surface area contributed by atoms with Crippen LogP contribution >= 0.6 is 0 Å². The summed E-state index contributed by atoms with van der Waals surface area (Å²) in [7, 11) is -1.54. The molecule has 8 heteroatoms. The van der Waals surface area contributed by atoms with Gasteiger partial charge in [0.15, 0.2) is 0 Å². The number of halogens is 3. The number of alkyl halides is 3. The molecule has 2 aromatic carbocycles. The topological polar surface area (TPSA) is 46.6 Å². The maximum absolute atomic E-state index is 13.1. The zero-order chi connectivity index (χ0) is 18.0.